The zero-order valence-electron chi connectivity index (χ0n) is 13.7. The van der Waals surface area contributed by atoms with Crippen molar-refractivity contribution in [3.63, 3.8) is 0 Å². The summed E-state index contributed by atoms with van der Waals surface area (Å²) in [6.45, 7) is 0. The second kappa shape index (κ2) is 8.00. The molecule has 1 atom stereocenters. The van der Waals surface area contributed by atoms with Crippen LogP contribution in [0, 0.1) is 0 Å². The van der Waals surface area contributed by atoms with Gasteiger partial charge in [-0.3, -0.25) is 14.4 Å². The predicted molar refractivity (Wildman–Crippen MR) is 89.1 cm³/mol. The maximum absolute atomic E-state index is 12.3. The lowest BCUT2D eigenvalue weighted by molar-refractivity contribution is -0.137. The van der Waals surface area contributed by atoms with E-state index in [9.17, 15) is 14.4 Å². The molecule has 25 heavy (non-hydrogen) atoms. The summed E-state index contributed by atoms with van der Waals surface area (Å²) in [6, 6.07) is 6.70. The van der Waals surface area contributed by atoms with Gasteiger partial charge in [-0.2, -0.15) is 0 Å². The number of carbonyl (C=O) groups excluding carboxylic acids is 1. The Morgan fingerprint density at radius 3 is 2.44 bits per heavy atom. The van der Waals surface area contributed by atoms with Gasteiger partial charge < -0.3 is 24.9 Å². The van der Waals surface area contributed by atoms with Crippen LogP contribution in [-0.2, 0) is 4.79 Å². The van der Waals surface area contributed by atoms with Crippen molar-refractivity contribution in [2.75, 3.05) is 14.2 Å². The number of aromatic amines is 1. The predicted octanol–water partition coefficient (Wildman–Crippen LogP) is 1.34. The smallest absolute Gasteiger partial charge is 0.305 e. The molecule has 0 saturated carbocycles. The van der Waals surface area contributed by atoms with Gasteiger partial charge in [-0.05, 0) is 23.8 Å². The first-order valence-electron chi connectivity index (χ1n) is 7.38. The second-order valence-corrected chi connectivity index (χ2v) is 5.18. The highest BCUT2D eigenvalue weighted by molar-refractivity contribution is 5.94. The number of nitrogens with one attached hydrogen (secondary N) is 2. The number of aromatic nitrogens is 1. The number of hydrogen-bond donors (Lipinski definition) is 3. The highest BCUT2D eigenvalue weighted by atomic mass is 16.5. The van der Waals surface area contributed by atoms with Crippen molar-refractivity contribution in [2.45, 2.75) is 12.5 Å². The molecule has 0 aliphatic rings. The van der Waals surface area contributed by atoms with Crippen LogP contribution in [0.1, 0.15) is 28.4 Å². The van der Waals surface area contributed by atoms with Crippen molar-refractivity contribution in [1.82, 2.24) is 10.3 Å². The van der Waals surface area contributed by atoms with Gasteiger partial charge in [-0.1, -0.05) is 6.07 Å². The summed E-state index contributed by atoms with van der Waals surface area (Å²) in [7, 11) is 2.96. The minimum Gasteiger partial charge on any atom is -0.493 e. The molecule has 1 heterocycles. The normalized spacial score (nSPS) is 11.4. The number of ether oxygens (including phenoxy) is 2. The number of hydrogen-bond acceptors (Lipinski definition) is 5. The number of carbonyl (C=O) groups is 2. The molecule has 8 nitrogen and oxygen atoms in total. The molecule has 0 aliphatic carbocycles. The number of aliphatic carboxylic acids is 1. The molecule has 2 rings (SSSR count). The SMILES string of the molecule is COc1ccc([C@H](CC(=O)O)NC(=O)c2ccc(=O)[nH]c2)cc1OC. The largest absolute Gasteiger partial charge is 0.493 e. The van der Waals surface area contributed by atoms with E-state index in [0.29, 0.717) is 17.1 Å². The van der Waals surface area contributed by atoms with Gasteiger partial charge >= 0.3 is 5.97 Å². The molecule has 8 heteroatoms. The van der Waals surface area contributed by atoms with E-state index >= 15 is 0 Å². The van der Waals surface area contributed by atoms with Gasteiger partial charge in [0.15, 0.2) is 11.5 Å². The Morgan fingerprint density at radius 1 is 1.16 bits per heavy atom. The monoisotopic (exact) mass is 346 g/mol. The number of methoxy groups -OCH3 is 2. The average molecular weight is 346 g/mol. The molecule has 132 valence electrons. The van der Waals surface area contributed by atoms with Gasteiger partial charge in [0.25, 0.3) is 5.91 Å². The van der Waals surface area contributed by atoms with Gasteiger partial charge in [0, 0.05) is 12.3 Å². The lowest BCUT2D eigenvalue weighted by atomic mass is 10.0. The van der Waals surface area contributed by atoms with Gasteiger partial charge in [0.05, 0.1) is 32.2 Å². The van der Waals surface area contributed by atoms with E-state index in [1.807, 2.05) is 0 Å². The minimum absolute atomic E-state index is 0.218. The van der Waals surface area contributed by atoms with E-state index < -0.39 is 17.9 Å². The Hall–Kier alpha value is -3.29. The van der Waals surface area contributed by atoms with E-state index in [4.69, 9.17) is 14.6 Å². The minimum atomic E-state index is -1.07. The zero-order valence-corrected chi connectivity index (χ0v) is 13.7. The highest BCUT2D eigenvalue weighted by Crippen LogP contribution is 2.31. The number of rotatable bonds is 7. The third-order valence-corrected chi connectivity index (χ3v) is 3.54. The summed E-state index contributed by atoms with van der Waals surface area (Å²) in [5.74, 6) is -0.653. The first kappa shape index (κ1) is 18.1. The Bertz CT molecular complexity index is 810. The molecule has 0 bridgehead atoms. The Labute approximate surface area is 143 Å². The summed E-state index contributed by atoms with van der Waals surface area (Å²) >= 11 is 0. The van der Waals surface area contributed by atoms with Crippen molar-refractivity contribution < 1.29 is 24.2 Å². The second-order valence-electron chi connectivity index (χ2n) is 5.18. The highest BCUT2D eigenvalue weighted by Gasteiger charge is 2.20. The van der Waals surface area contributed by atoms with Crippen LogP contribution in [0.25, 0.3) is 0 Å². The number of benzene rings is 1. The maximum Gasteiger partial charge on any atom is 0.305 e. The molecule has 0 saturated heterocycles. The van der Waals surface area contributed by atoms with Crippen LogP contribution in [0.2, 0.25) is 0 Å². The third-order valence-electron chi connectivity index (χ3n) is 3.54. The molecule has 2 aromatic rings. The first-order chi connectivity index (χ1) is 11.9. The van der Waals surface area contributed by atoms with Crippen molar-refractivity contribution in [1.29, 1.82) is 0 Å². The lowest BCUT2D eigenvalue weighted by Gasteiger charge is -2.19. The standard InChI is InChI=1S/C17H18N2O6/c1-24-13-5-3-10(7-14(13)25-2)12(8-16(21)22)19-17(23)11-4-6-15(20)18-9-11/h3-7,9,12H,8H2,1-2H3,(H,18,20)(H,19,23)(H,21,22)/t12-/m0/s1. The van der Waals surface area contributed by atoms with E-state index in [-0.39, 0.29) is 17.5 Å². The molecular weight excluding hydrogens is 328 g/mol. The summed E-state index contributed by atoms with van der Waals surface area (Å²) in [5.41, 5.74) is 0.437. The summed E-state index contributed by atoms with van der Waals surface area (Å²) < 4.78 is 10.4. The van der Waals surface area contributed by atoms with Gasteiger partial charge in [-0.25, -0.2) is 0 Å². The quantitative estimate of drug-likeness (QED) is 0.696. The zero-order chi connectivity index (χ0) is 18.4. The summed E-state index contributed by atoms with van der Waals surface area (Å²) in [6.07, 6.45) is 0.953. The van der Waals surface area contributed by atoms with Gasteiger partial charge in [0.2, 0.25) is 5.56 Å². The van der Waals surface area contributed by atoms with Crippen molar-refractivity contribution in [2.24, 2.45) is 0 Å². The molecule has 0 fully saturated rings. The first-order valence-corrected chi connectivity index (χ1v) is 7.38. The number of amides is 1. The van der Waals surface area contributed by atoms with E-state index in [1.165, 1.54) is 32.5 Å². The van der Waals surface area contributed by atoms with Crippen LogP contribution in [0.3, 0.4) is 0 Å². The Balaban J connectivity index is 2.29. The molecule has 1 aromatic heterocycles. The topological polar surface area (TPSA) is 118 Å². The molecule has 0 radical (unpaired) electrons. The molecule has 1 amide bonds. The molecule has 0 spiro atoms. The van der Waals surface area contributed by atoms with Crippen LogP contribution in [0.4, 0.5) is 0 Å². The number of carboxylic acid groups (broad SMARTS) is 1. The van der Waals surface area contributed by atoms with Crippen molar-refractivity contribution in [3.8, 4) is 11.5 Å². The molecule has 3 N–H and O–H groups in total. The van der Waals surface area contributed by atoms with Crippen LogP contribution in [0.15, 0.2) is 41.3 Å². The average Bonchev–Trinajstić information content (AvgIpc) is 2.60. The number of H-pyrrole nitrogens is 1. The van der Waals surface area contributed by atoms with E-state index in [1.54, 1.807) is 18.2 Å². The van der Waals surface area contributed by atoms with Crippen molar-refractivity contribution in [3.05, 3.63) is 58.0 Å². The van der Waals surface area contributed by atoms with E-state index in [2.05, 4.69) is 10.3 Å². The van der Waals surface area contributed by atoms with Crippen LogP contribution < -0.4 is 20.3 Å². The Kier molecular flexibility index (Phi) is 5.78. The van der Waals surface area contributed by atoms with Crippen LogP contribution in [0.5, 0.6) is 11.5 Å². The Morgan fingerprint density at radius 2 is 1.88 bits per heavy atom. The van der Waals surface area contributed by atoms with Crippen LogP contribution >= 0.6 is 0 Å². The molecular formula is C17H18N2O6. The number of carboxylic acids is 1. The summed E-state index contributed by atoms with van der Waals surface area (Å²) in [5, 5.41) is 11.8. The van der Waals surface area contributed by atoms with Crippen molar-refractivity contribution >= 4 is 11.9 Å². The molecule has 1 aromatic carbocycles. The maximum atomic E-state index is 12.3. The van der Waals surface area contributed by atoms with Gasteiger partial charge in [-0.15, -0.1) is 0 Å². The fourth-order valence-corrected chi connectivity index (χ4v) is 2.29. The summed E-state index contributed by atoms with van der Waals surface area (Å²) in [4.78, 5) is 37.0. The fourth-order valence-electron chi connectivity index (χ4n) is 2.29. The molecule has 0 unspecified atom stereocenters. The van der Waals surface area contributed by atoms with Gasteiger partial charge in [0.1, 0.15) is 0 Å². The van der Waals surface area contributed by atoms with E-state index in [0.717, 1.165) is 0 Å². The third kappa shape index (κ3) is 4.60. The molecule has 0 aliphatic heterocycles. The fraction of sp³-hybridized carbons (Fsp3) is 0.235. The number of pyridine rings is 1. The lowest BCUT2D eigenvalue weighted by Crippen LogP contribution is -2.30. The van der Waals surface area contributed by atoms with Crippen LogP contribution in [-0.4, -0.2) is 36.2 Å².